The monoisotopic (exact) mass is 759 g/mol. The third-order valence-electron chi connectivity index (χ3n) is 4.74. The molecule has 2 atom stereocenters. The number of thiophene rings is 2. The van der Waals surface area contributed by atoms with E-state index < -0.39 is 20.5 Å². The maximum Gasteiger partial charge on any atom is 0.198 e. The van der Waals surface area contributed by atoms with Crippen molar-refractivity contribution in [2.45, 2.75) is 31.8 Å². The van der Waals surface area contributed by atoms with Crippen LogP contribution >= 0.6 is 77.7 Å². The van der Waals surface area contributed by atoms with E-state index in [2.05, 4.69) is 37.9 Å². The predicted octanol–water partition coefficient (Wildman–Crippen LogP) is 10.2. The van der Waals surface area contributed by atoms with Crippen LogP contribution in [0.4, 0.5) is 0 Å². The van der Waals surface area contributed by atoms with Crippen LogP contribution < -0.4 is 0 Å². The first-order chi connectivity index (χ1) is 18.9. The number of ketones is 1. The number of carbonyl (C=O) groups excluding carboxylic acids is 2. The molecule has 4 aromatic rings. The molecule has 0 amide bonds. The Kier molecular flexibility index (Phi) is 14.4. The quantitative estimate of drug-likeness (QED) is 0.115. The largest absolute Gasteiger partial charge is 0.399 e. The molecule has 40 heavy (non-hydrogen) atoms. The Morgan fingerprint density at radius 2 is 1.52 bits per heavy atom. The fourth-order valence-corrected chi connectivity index (χ4v) is 7.00. The molecule has 0 radical (unpaired) electrons. The van der Waals surface area contributed by atoms with Gasteiger partial charge in [0.2, 0.25) is 0 Å². The molecule has 0 aliphatic carbocycles. The molecule has 0 aliphatic heterocycles. The number of rotatable bonds is 7. The summed E-state index contributed by atoms with van der Waals surface area (Å²) in [4.78, 5) is 23.4. The van der Waals surface area contributed by atoms with Crippen molar-refractivity contribution in [3.8, 4) is 6.07 Å². The summed E-state index contributed by atoms with van der Waals surface area (Å²) < 4.78 is 7.62. The van der Waals surface area contributed by atoms with E-state index in [1.807, 2.05) is 43.9 Å². The summed E-state index contributed by atoms with van der Waals surface area (Å²) in [6.45, 7) is 6.15. The molecule has 2 aromatic heterocycles. The molecule has 0 saturated carbocycles. The van der Waals surface area contributed by atoms with E-state index in [0.29, 0.717) is 20.5 Å². The first kappa shape index (κ1) is 34.5. The normalized spacial score (nSPS) is 12.1. The Hall–Kier alpha value is -1.65. The fourth-order valence-electron chi connectivity index (χ4n) is 3.01. The van der Waals surface area contributed by atoms with Crippen molar-refractivity contribution >= 4 is 98.1 Å². The van der Waals surface area contributed by atoms with E-state index >= 15 is 0 Å². The SMILES string of the molecule is C[Si](C)(C)OC(C#N)c1ccccc1Cl.O=C(c1ccccc1Cl)C(O)c1ccc(Br)s1.O=Cc1ccc(Br)s1. The van der Waals surface area contributed by atoms with Crippen LogP contribution in [0, 0.1) is 11.3 Å². The molecule has 0 bridgehead atoms. The fraction of sp³-hybridized carbons (Fsp3) is 0.179. The van der Waals surface area contributed by atoms with Gasteiger partial charge in [-0.2, -0.15) is 5.26 Å². The number of benzene rings is 2. The maximum absolute atomic E-state index is 12.0. The molecule has 0 saturated heterocycles. The zero-order valence-corrected chi connectivity index (χ0v) is 28.9. The van der Waals surface area contributed by atoms with Crippen LogP contribution in [-0.4, -0.2) is 25.5 Å². The minimum atomic E-state index is -1.73. The number of halogens is 4. The zero-order chi connectivity index (χ0) is 29.9. The van der Waals surface area contributed by atoms with Gasteiger partial charge in [-0.15, -0.1) is 22.7 Å². The van der Waals surface area contributed by atoms with Crippen LogP contribution in [0.25, 0.3) is 0 Å². The van der Waals surface area contributed by atoms with Gasteiger partial charge in [-0.3, -0.25) is 9.59 Å². The highest BCUT2D eigenvalue weighted by Crippen LogP contribution is 2.31. The van der Waals surface area contributed by atoms with Gasteiger partial charge in [-0.1, -0.05) is 53.5 Å². The number of aliphatic hydroxyl groups excluding tert-OH is 1. The summed E-state index contributed by atoms with van der Waals surface area (Å²) in [5, 5.41) is 20.0. The van der Waals surface area contributed by atoms with Crippen molar-refractivity contribution in [2.75, 3.05) is 0 Å². The van der Waals surface area contributed by atoms with Crippen molar-refractivity contribution in [2.24, 2.45) is 0 Å². The average Bonchev–Trinajstić information content (AvgIpc) is 3.55. The summed E-state index contributed by atoms with van der Waals surface area (Å²) >= 11 is 21.2. The molecule has 5 nitrogen and oxygen atoms in total. The molecule has 1 N–H and O–H groups in total. The van der Waals surface area contributed by atoms with Gasteiger partial charge in [0, 0.05) is 21.0 Å². The molecule has 2 heterocycles. The molecule has 12 heteroatoms. The Balaban J connectivity index is 0.000000223. The van der Waals surface area contributed by atoms with Gasteiger partial charge in [-0.25, -0.2) is 0 Å². The van der Waals surface area contributed by atoms with E-state index in [9.17, 15) is 14.7 Å². The van der Waals surface area contributed by atoms with Gasteiger partial charge in [0.05, 0.1) is 23.5 Å². The maximum atomic E-state index is 12.0. The molecular formula is C28H25Br2Cl2NO4S2Si. The van der Waals surface area contributed by atoms with E-state index in [4.69, 9.17) is 32.9 Å². The second kappa shape index (κ2) is 16.7. The zero-order valence-electron chi connectivity index (χ0n) is 21.6. The minimum Gasteiger partial charge on any atom is -0.399 e. The minimum absolute atomic E-state index is 0.339. The van der Waals surface area contributed by atoms with E-state index in [-0.39, 0.29) is 5.78 Å². The average molecular weight is 762 g/mol. The Morgan fingerprint density at radius 1 is 0.950 bits per heavy atom. The number of carbonyl (C=O) groups is 2. The van der Waals surface area contributed by atoms with Gasteiger partial charge in [-0.05, 0) is 94.0 Å². The highest BCUT2D eigenvalue weighted by Gasteiger charge is 2.24. The summed E-state index contributed by atoms with van der Waals surface area (Å²) in [5.41, 5.74) is 1.09. The van der Waals surface area contributed by atoms with E-state index in [1.54, 1.807) is 48.5 Å². The van der Waals surface area contributed by atoms with Crippen LogP contribution in [0.1, 0.15) is 42.7 Å². The van der Waals surface area contributed by atoms with Gasteiger partial charge in [0.15, 0.2) is 32.6 Å². The lowest BCUT2D eigenvalue weighted by Crippen LogP contribution is -2.27. The number of aldehydes is 1. The van der Waals surface area contributed by atoms with Crippen molar-refractivity contribution in [3.05, 3.63) is 111 Å². The van der Waals surface area contributed by atoms with Crippen LogP contribution in [0.2, 0.25) is 29.7 Å². The number of nitriles is 1. The summed E-state index contributed by atoms with van der Waals surface area (Å²) in [6.07, 6.45) is -0.869. The lowest BCUT2D eigenvalue weighted by Gasteiger charge is -2.22. The molecule has 2 aromatic carbocycles. The first-order valence-electron chi connectivity index (χ1n) is 11.6. The smallest absolute Gasteiger partial charge is 0.198 e. The molecule has 210 valence electrons. The number of hydrogen-bond acceptors (Lipinski definition) is 7. The van der Waals surface area contributed by atoms with Crippen LogP contribution in [0.3, 0.4) is 0 Å². The number of hydrogen-bond donors (Lipinski definition) is 1. The molecular weight excluding hydrogens is 737 g/mol. The molecule has 0 spiro atoms. The van der Waals surface area contributed by atoms with Gasteiger partial charge >= 0.3 is 0 Å². The standard InChI is InChI=1S/C12H8BrClO2S.C11H14ClNOSi.C5H3BrOS/c13-10-6-5-9(17-10)12(16)11(15)7-3-1-2-4-8(7)14;1-15(2,3)14-11(8-13)9-6-4-5-7-10(9)12;6-5-2-1-4(3-7)8-5/h1-6,12,16H;4-7,11H,1-3H3;1-3H. The van der Waals surface area contributed by atoms with E-state index in [0.717, 1.165) is 24.3 Å². The Morgan fingerprint density at radius 3 is 1.98 bits per heavy atom. The molecule has 0 fully saturated rings. The van der Waals surface area contributed by atoms with Crippen LogP contribution in [0.15, 0.2) is 80.4 Å². The molecule has 2 unspecified atom stereocenters. The number of aliphatic hydroxyl groups is 1. The first-order valence-corrected chi connectivity index (χ1v) is 19.0. The Labute approximate surface area is 269 Å². The highest BCUT2D eigenvalue weighted by molar-refractivity contribution is 9.11. The van der Waals surface area contributed by atoms with Crippen molar-refractivity contribution in [3.63, 3.8) is 0 Å². The topological polar surface area (TPSA) is 87.4 Å². The second-order valence-corrected chi connectivity index (χ2v) is 19.2. The Bertz CT molecular complexity index is 1470. The lowest BCUT2D eigenvalue weighted by atomic mass is 10.1. The van der Waals surface area contributed by atoms with Crippen molar-refractivity contribution in [1.82, 2.24) is 0 Å². The molecule has 4 rings (SSSR count). The summed E-state index contributed by atoms with van der Waals surface area (Å²) in [6, 6.07) is 23.3. The second-order valence-electron chi connectivity index (χ2n) is 8.91. The number of nitrogens with zero attached hydrogens (tertiary/aromatic N) is 1. The van der Waals surface area contributed by atoms with Crippen LogP contribution in [-0.2, 0) is 4.43 Å². The van der Waals surface area contributed by atoms with Gasteiger partial charge in [0.25, 0.3) is 0 Å². The third-order valence-corrected chi connectivity index (χ3v) is 9.58. The van der Waals surface area contributed by atoms with Gasteiger partial charge < -0.3 is 9.53 Å². The summed E-state index contributed by atoms with van der Waals surface area (Å²) in [7, 11) is -1.73. The predicted molar refractivity (Wildman–Crippen MR) is 174 cm³/mol. The lowest BCUT2D eigenvalue weighted by molar-refractivity contribution is 0.0753. The van der Waals surface area contributed by atoms with Crippen LogP contribution in [0.5, 0.6) is 0 Å². The van der Waals surface area contributed by atoms with E-state index in [1.165, 1.54) is 22.7 Å². The number of Topliss-reactive ketones (excluding diaryl/α,β-unsaturated/α-hetero) is 1. The molecule has 0 aliphatic rings. The highest BCUT2D eigenvalue weighted by atomic mass is 79.9. The summed E-state index contributed by atoms with van der Waals surface area (Å²) in [5.74, 6) is -0.384. The van der Waals surface area contributed by atoms with Crippen molar-refractivity contribution in [1.29, 1.82) is 5.26 Å². The van der Waals surface area contributed by atoms with Crippen molar-refractivity contribution < 1.29 is 19.1 Å². The van der Waals surface area contributed by atoms with Gasteiger partial charge in [0.1, 0.15) is 0 Å². The third kappa shape index (κ3) is 11.3.